The van der Waals surface area contributed by atoms with Crippen LogP contribution in [-0.4, -0.2) is 44.0 Å². The molecule has 5 rings (SSSR count). The second-order valence-corrected chi connectivity index (χ2v) is 7.55. The summed E-state index contributed by atoms with van der Waals surface area (Å²) in [6, 6.07) is 9.97. The van der Waals surface area contributed by atoms with Gasteiger partial charge in [0.2, 0.25) is 0 Å². The van der Waals surface area contributed by atoms with Crippen molar-refractivity contribution in [1.82, 2.24) is 24.4 Å². The van der Waals surface area contributed by atoms with Crippen LogP contribution in [0, 0.1) is 5.82 Å². The first-order chi connectivity index (χ1) is 15.0. The third kappa shape index (κ3) is 2.97. The van der Waals surface area contributed by atoms with E-state index < -0.39 is 5.82 Å². The molecule has 4 heterocycles. The largest absolute Gasteiger partial charge is 0.383 e. The van der Waals surface area contributed by atoms with Crippen molar-refractivity contribution < 1.29 is 9.18 Å². The molecular formula is C22H20FN7O. The molecule has 0 saturated carbocycles. The molecule has 1 saturated heterocycles. The van der Waals surface area contributed by atoms with Crippen molar-refractivity contribution in [3.8, 4) is 11.1 Å². The van der Waals surface area contributed by atoms with Crippen molar-refractivity contribution in [3.63, 3.8) is 0 Å². The molecule has 2 N–H and O–H groups in total. The highest BCUT2D eigenvalue weighted by Crippen LogP contribution is 2.37. The van der Waals surface area contributed by atoms with Gasteiger partial charge in [0.05, 0.1) is 23.7 Å². The van der Waals surface area contributed by atoms with Crippen LogP contribution in [0.25, 0.3) is 22.2 Å². The summed E-state index contributed by atoms with van der Waals surface area (Å²) >= 11 is 0. The number of carbonyl (C=O) groups excluding carboxylic acids is 1. The smallest absolute Gasteiger partial charge is 0.324 e. The van der Waals surface area contributed by atoms with E-state index >= 15 is 4.39 Å². The number of hydrogen-bond acceptors (Lipinski definition) is 5. The van der Waals surface area contributed by atoms with Crippen molar-refractivity contribution in [3.05, 3.63) is 66.6 Å². The summed E-state index contributed by atoms with van der Waals surface area (Å²) in [5.74, 6) is -0.163. The van der Waals surface area contributed by atoms with E-state index in [1.165, 1.54) is 12.4 Å². The number of halogens is 1. The standard InChI is InChI=1S/C22H20FN7O/c1-28-10-15(19-20(24)26-12-27-21(19)28)14-7-6-13(9-16(14)23)30-11-18(29(2)22(30)31)17-5-3-4-8-25-17/h3-10,12,18H,11H2,1-2H3,(H2,24,26,27). The molecule has 156 valence electrons. The molecule has 1 aromatic carbocycles. The lowest BCUT2D eigenvalue weighted by Gasteiger charge is -2.17. The number of anilines is 2. The molecule has 0 bridgehead atoms. The number of nitrogens with two attached hydrogens (primary N) is 1. The number of urea groups is 1. The van der Waals surface area contributed by atoms with Gasteiger partial charge >= 0.3 is 6.03 Å². The Hall–Kier alpha value is -4.01. The van der Waals surface area contributed by atoms with E-state index in [2.05, 4.69) is 15.0 Å². The summed E-state index contributed by atoms with van der Waals surface area (Å²) in [5, 5.41) is 0.601. The third-order valence-electron chi connectivity index (χ3n) is 5.72. The van der Waals surface area contributed by atoms with Crippen molar-refractivity contribution in [1.29, 1.82) is 0 Å². The van der Waals surface area contributed by atoms with Gasteiger partial charge in [-0.05, 0) is 30.3 Å². The van der Waals surface area contributed by atoms with Gasteiger partial charge in [-0.1, -0.05) is 6.07 Å². The third-order valence-corrected chi connectivity index (χ3v) is 5.72. The average molecular weight is 417 g/mol. The van der Waals surface area contributed by atoms with Crippen LogP contribution in [0.3, 0.4) is 0 Å². The Morgan fingerprint density at radius 2 is 1.94 bits per heavy atom. The van der Waals surface area contributed by atoms with Crippen LogP contribution in [0.4, 0.5) is 20.7 Å². The highest BCUT2D eigenvalue weighted by molar-refractivity contribution is 6.01. The van der Waals surface area contributed by atoms with Gasteiger partial charge in [0.25, 0.3) is 0 Å². The minimum absolute atomic E-state index is 0.202. The molecule has 2 amide bonds. The van der Waals surface area contributed by atoms with Gasteiger partial charge in [-0.3, -0.25) is 9.88 Å². The number of aromatic nitrogens is 4. The predicted octanol–water partition coefficient (Wildman–Crippen LogP) is 3.36. The maximum absolute atomic E-state index is 15.2. The number of fused-ring (bicyclic) bond motifs is 1. The Balaban J connectivity index is 1.52. The van der Waals surface area contributed by atoms with E-state index in [0.717, 1.165) is 5.69 Å². The van der Waals surface area contributed by atoms with Crippen molar-refractivity contribution in [2.24, 2.45) is 7.05 Å². The molecule has 0 radical (unpaired) electrons. The van der Waals surface area contributed by atoms with Crippen LogP contribution >= 0.6 is 0 Å². The van der Waals surface area contributed by atoms with Gasteiger partial charge in [-0.25, -0.2) is 19.2 Å². The lowest BCUT2D eigenvalue weighted by molar-refractivity contribution is 0.218. The molecule has 1 fully saturated rings. The van der Waals surface area contributed by atoms with Crippen LogP contribution in [0.5, 0.6) is 0 Å². The van der Waals surface area contributed by atoms with E-state index in [4.69, 9.17) is 5.73 Å². The van der Waals surface area contributed by atoms with Gasteiger partial charge in [0, 0.05) is 43.3 Å². The number of hydrogen-bond donors (Lipinski definition) is 1. The second-order valence-electron chi connectivity index (χ2n) is 7.55. The van der Waals surface area contributed by atoms with Crippen LogP contribution in [-0.2, 0) is 7.05 Å². The Labute approximate surface area is 177 Å². The first-order valence-electron chi connectivity index (χ1n) is 9.76. The first kappa shape index (κ1) is 19.0. The fourth-order valence-corrected chi connectivity index (χ4v) is 4.11. The van der Waals surface area contributed by atoms with E-state index in [9.17, 15) is 4.79 Å². The summed E-state index contributed by atoms with van der Waals surface area (Å²) in [6.45, 7) is 0.389. The second kappa shape index (κ2) is 7.05. The van der Waals surface area contributed by atoms with Crippen LogP contribution in [0.2, 0.25) is 0 Å². The van der Waals surface area contributed by atoms with Gasteiger partial charge in [0.15, 0.2) is 0 Å². The summed E-state index contributed by atoms with van der Waals surface area (Å²) in [7, 11) is 3.55. The zero-order valence-corrected chi connectivity index (χ0v) is 17.0. The average Bonchev–Trinajstić information content (AvgIpc) is 3.26. The Bertz CT molecular complexity index is 1300. The van der Waals surface area contributed by atoms with Crippen molar-refractivity contribution >= 4 is 28.6 Å². The molecule has 3 aromatic heterocycles. The Morgan fingerprint density at radius 1 is 1.10 bits per heavy atom. The number of aryl methyl sites for hydroxylation is 1. The maximum atomic E-state index is 15.2. The zero-order chi connectivity index (χ0) is 21.7. The lowest BCUT2D eigenvalue weighted by atomic mass is 10.0. The van der Waals surface area contributed by atoms with Gasteiger partial charge in [0.1, 0.15) is 23.6 Å². The van der Waals surface area contributed by atoms with E-state index in [0.29, 0.717) is 40.2 Å². The van der Waals surface area contributed by atoms with Crippen LogP contribution in [0.15, 0.2) is 55.1 Å². The number of nitrogen functional groups attached to an aromatic ring is 1. The Morgan fingerprint density at radius 3 is 2.68 bits per heavy atom. The maximum Gasteiger partial charge on any atom is 0.324 e. The fraction of sp³-hybridized carbons (Fsp3) is 0.182. The van der Waals surface area contributed by atoms with Gasteiger partial charge < -0.3 is 15.2 Å². The molecular weight excluding hydrogens is 397 g/mol. The molecule has 1 aliphatic rings. The molecule has 31 heavy (non-hydrogen) atoms. The summed E-state index contributed by atoms with van der Waals surface area (Å²) < 4.78 is 17.0. The minimum atomic E-state index is -0.454. The highest BCUT2D eigenvalue weighted by atomic mass is 19.1. The van der Waals surface area contributed by atoms with E-state index in [1.807, 2.05) is 25.2 Å². The number of rotatable bonds is 3. The number of likely N-dealkylation sites (N-methyl/N-ethyl adjacent to an activating group) is 1. The van der Waals surface area contributed by atoms with E-state index in [-0.39, 0.29) is 12.1 Å². The van der Waals surface area contributed by atoms with Gasteiger partial charge in [-0.15, -0.1) is 0 Å². The molecule has 0 spiro atoms. The topological polar surface area (TPSA) is 93.2 Å². The number of benzene rings is 1. The minimum Gasteiger partial charge on any atom is -0.383 e. The summed E-state index contributed by atoms with van der Waals surface area (Å²) in [5.41, 5.74) is 8.93. The Kier molecular flexibility index (Phi) is 4.32. The zero-order valence-electron chi connectivity index (χ0n) is 17.0. The molecule has 1 atom stereocenters. The number of carbonyl (C=O) groups is 1. The predicted molar refractivity (Wildman–Crippen MR) is 116 cm³/mol. The molecule has 4 aromatic rings. The van der Waals surface area contributed by atoms with Crippen LogP contribution in [0.1, 0.15) is 11.7 Å². The highest BCUT2D eigenvalue weighted by Gasteiger charge is 2.37. The number of nitrogens with zero attached hydrogens (tertiary/aromatic N) is 6. The SMILES string of the molecule is CN1C(=O)N(c2ccc(-c3cn(C)c4ncnc(N)c34)c(F)c2)CC1c1ccccn1. The first-order valence-corrected chi connectivity index (χ1v) is 9.76. The molecule has 0 aliphatic carbocycles. The summed E-state index contributed by atoms with van der Waals surface area (Å²) in [6.07, 6.45) is 4.86. The molecule has 8 nitrogen and oxygen atoms in total. The summed E-state index contributed by atoms with van der Waals surface area (Å²) in [4.78, 5) is 28.7. The number of pyridine rings is 1. The van der Waals surface area contributed by atoms with E-state index in [1.54, 1.807) is 45.9 Å². The quantitative estimate of drug-likeness (QED) is 0.552. The molecule has 1 aliphatic heterocycles. The van der Waals surface area contributed by atoms with Crippen LogP contribution < -0.4 is 10.6 Å². The molecule has 9 heteroatoms. The molecule has 1 unspecified atom stereocenters. The fourth-order valence-electron chi connectivity index (χ4n) is 4.11. The normalized spacial score (nSPS) is 16.5. The van der Waals surface area contributed by atoms with Gasteiger partial charge in [-0.2, -0.15) is 0 Å². The van der Waals surface area contributed by atoms with Crippen molar-refractivity contribution in [2.45, 2.75) is 6.04 Å². The lowest BCUT2D eigenvalue weighted by Crippen LogP contribution is -2.29. The van der Waals surface area contributed by atoms with Crippen molar-refractivity contribution in [2.75, 3.05) is 24.2 Å². The monoisotopic (exact) mass is 417 g/mol. The number of amides is 2.